The number of hydrogen-bond donors (Lipinski definition) is 0. The normalized spacial score (nSPS) is 10.6. The molecule has 3 heteroatoms. The van der Waals surface area contributed by atoms with Crippen LogP contribution in [0.15, 0.2) is 12.3 Å². The maximum absolute atomic E-state index is 8.24. The van der Waals surface area contributed by atoms with Gasteiger partial charge in [0, 0.05) is 13.0 Å². The van der Waals surface area contributed by atoms with Crippen LogP contribution in [-0.4, -0.2) is 14.9 Å². The Morgan fingerprint density at radius 3 is 2.73 bits per heavy atom. The van der Waals surface area contributed by atoms with Crippen molar-refractivity contribution in [2.45, 2.75) is 25.9 Å². The van der Waals surface area contributed by atoms with E-state index in [2.05, 4.69) is 25.7 Å². The molecule has 0 amide bonds. The lowest BCUT2D eigenvalue weighted by atomic mass is 10.4. The van der Waals surface area contributed by atoms with Crippen LogP contribution in [0.4, 0.5) is 0 Å². The van der Waals surface area contributed by atoms with Crippen LogP contribution in [0.5, 0.6) is 0 Å². The van der Waals surface area contributed by atoms with Crippen LogP contribution in [0, 0.1) is 11.3 Å². The number of nitrogens with zero attached hydrogens (tertiary/aromatic N) is 1. The predicted octanol–water partition coefficient (Wildman–Crippen LogP) is 2.24. The average Bonchev–Trinajstić information content (AvgIpc) is 1.99. The second-order valence-corrected chi connectivity index (χ2v) is 6.82. The molecule has 11 heavy (non-hydrogen) atoms. The Morgan fingerprint density at radius 1 is 1.64 bits per heavy atom. The summed E-state index contributed by atoms with van der Waals surface area (Å²) in [6, 6.07) is 2.08. The molecular weight excluding hydrogens is 154 g/mol. The van der Waals surface area contributed by atoms with Crippen molar-refractivity contribution in [2.24, 2.45) is 0 Å². The summed E-state index contributed by atoms with van der Waals surface area (Å²) < 4.78 is 5.55. The first-order chi connectivity index (χ1) is 5.12. The zero-order chi connectivity index (χ0) is 8.74. The van der Waals surface area contributed by atoms with Gasteiger partial charge in [0.2, 0.25) is 8.32 Å². The fourth-order valence-corrected chi connectivity index (χ4v) is 1.33. The standard InChI is InChI=1S/C8H15NOSi/c1-4-11(2,3)10-8-6-5-7-9/h4H,1,5-6,8H2,2-3H3. The molecule has 0 aromatic heterocycles. The summed E-state index contributed by atoms with van der Waals surface area (Å²) in [5.74, 6) is 0. The van der Waals surface area contributed by atoms with Gasteiger partial charge in [-0.15, -0.1) is 6.58 Å². The molecule has 0 rings (SSSR count). The van der Waals surface area contributed by atoms with Crippen LogP contribution in [0.3, 0.4) is 0 Å². The number of rotatable bonds is 5. The van der Waals surface area contributed by atoms with E-state index in [0.29, 0.717) is 13.0 Å². The molecule has 0 saturated heterocycles. The van der Waals surface area contributed by atoms with E-state index in [1.165, 1.54) is 0 Å². The minimum Gasteiger partial charge on any atom is -0.413 e. The summed E-state index contributed by atoms with van der Waals surface area (Å²) in [7, 11) is -1.57. The van der Waals surface area contributed by atoms with Crippen LogP contribution in [0.25, 0.3) is 0 Å². The third-order valence-corrected chi connectivity index (χ3v) is 3.33. The SMILES string of the molecule is C=C[Si](C)(C)OCCCC#N. The van der Waals surface area contributed by atoms with Crippen LogP contribution in [-0.2, 0) is 4.43 Å². The molecule has 62 valence electrons. The van der Waals surface area contributed by atoms with Crippen molar-refractivity contribution in [3.63, 3.8) is 0 Å². The summed E-state index contributed by atoms with van der Waals surface area (Å²) in [4.78, 5) is 0. The Balaban J connectivity index is 3.39. The minimum atomic E-state index is -1.57. The van der Waals surface area contributed by atoms with Crippen LogP contribution < -0.4 is 0 Å². The lowest BCUT2D eigenvalue weighted by Gasteiger charge is -2.17. The first kappa shape index (κ1) is 10.4. The first-order valence-corrected chi connectivity index (χ1v) is 6.75. The highest BCUT2D eigenvalue weighted by Gasteiger charge is 2.16. The molecule has 0 aromatic rings. The van der Waals surface area contributed by atoms with Gasteiger partial charge in [0.15, 0.2) is 0 Å². The van der Waals surface area contributed by atoms with E-state index in [1.807, 2.05) is 5.70 Å². The van der Waals surface area contributed by atoms with E-state index in [4.69, 9.17) is 9.69 Å². The monoisotopic (exact) mass is 169 g/mol. The minimum absolute atomic E-state index is 0.585. The van der Waals surface area contributed by atoms with Gasteiger partial charge in [0.25, 0.3) is 0 Å². The van der Waals surface area contributed by atoms with Crippen LogP contribution >= 0.6 is 0 Å². The molecule has 0 aromatic carbocycles. The molecule has 0 atom stereocenters. The Bertz CT molecular complexity index is 160. The largest absolute Gasteiger partial charge is 0.413 e. The third kappa shape index (κ3) is 5.83. The fraction of sp³-hybridized carbons (Fsp3) is 0.625. The Morgan fingerprint density at radius 2 is 2.27 bits per heavy atom. The van der Waals surface area contributed by atoms with Crippen molar-refractivity contribution in [2.75, 3.05) is 6.61 Å². The van der Waals surface area contributed by atoms with Crippen molar-refractivity contribution >= 4 is 8.32 Å². The summed E-state index contributed by atoms with van der Waals surface area (Å²) in [5.41, 5.74) is 1.90. The van der Waals surface area contributed by atoms with Crippen molar-refractivity contribution < 1.29 is 4.43 Å². The topological polar surface area (TPSA) is 33.0 Å². The molecule has 0 heterocycles. The summed E-state index contributed by atoms with van der Waals surface area (Å²) in [5, 5.41) is 8.24. The molecule has 0 aliphatic heterocycles. The van der Waals surface area contributed by atoms with Gasteiger partial charge in [-0.1, -0.05) is 5.70 Å². The average molecular weight is 169 g/mol. The number of hydrogen-bond acceptors (Lipinski definition) is 2. The maximum atomic E-state index is 8.24. The third-order valence-electron chi connectivity index (χ3n) is 1.40. The van der Waals surface area contributed by atoms with E-state index in [-0.39, 0.29) is 0 Å². The lowest BCUT2D eigenvalue weighted by molar-refractivity contribution is 0.310. The zero-order valence-corrected chi connectivity index (χ0v) is 8.26. The smallest absolute Gasteiger partial charge is 0.210 e. The van der Waals surface area contributed by atoms with Gasteiger partial charge in [0.1, 0.15) is 0 Å². The van der Waals surface area contributed by atoms with Gasteiger partial charge in [0.05, 0.1) is 6.07 Å². The highest BCUT2D eigenvalue weighted by Crippen LogP contribution is 2.05. The highest BCUT2D eigenvalue weighted by atomic mass is 28.4. The van der Waals surface area contributed by atoms with Crippen molar-refractivity contribution in [1.29, 1.82) is 5.26 Å². The lowest BCUT2D eigenvalue weighted by Crippen LogP contribution is -2.27. The highest BCUT2D eigenvalue weighted by molar-refractivity contribution is 6.76. The van der Waals surface area contributed by atoms with E-state index < -0.39 is 8.32 Å². The molecule has 0 unspecified atom stereocenters. The molecule has 2 nitrogen and oxygen atoms in total. The first-order valence-electron chi connectivity index (χ1n) is 3.77. The number of nitriles is 1. The van der Waals surface area contributed by atoms with Gasteiger partial charge < -0.3 is 4.43 Å². The Labute approximate surface area is 69.6 Å². The van der Waals surface area contributed by atoms with Crippen LogP contribution in [0.2, 0.25) is 13.1 Å². The van der Waals surface area contributed by atoms with Crippen molar-refractivity contribution in [1.82, 2.24) is 0 Å². The molecule has 0 radical (unpaired) electrons. The molecule has 0 spiro atoms. The van der Waals surface area contributed by atoms with Gasteiger partial charge in [-0.3, -0.25) is 0 Å². The summed E-state index contributed by atoms with van der Waals surface area (Å²) >= 11 is 0. The molecule has 0 N–H and O–H groups in total. The number of unbranched alkanes of at least 4 members (excludes halogenated alkanes) is 1. The summed E-state index contributed by atoms with van der Waals surface area (Å²) in [6.45, 7) is 8.58. The fourth-order valence-electron chi connectivity index (χ4n) is 0.545. The van der Waals surface area contributed by atoms with Gasteiger partial charge in [-0.25, -0.2) is 0 Å². The Kier molecular flexibility index (Phi) is 4.83. The molecule has 0 aliphatic rings. The molecule has 0 aliphatic carbocycles. The maximum Gasteiger partial charge on any atom is 0.210 e. The second-order valence-electron chi connectivity index (χ2n) is 2.92. The van der Waals surface area contributed by atoms with Crippen molar-refractivity contribution in [3.8, 4) is 6.07 Å². The van der Waals surface area contributed by atoms with Gasteiger partial charge in [-0.2, -0.15) is 5.26 Å². The van der Waals surface area contributed by atoms with Gasteiger partial charge in [-0.05, 0) is 19.5 Å². The van der Waals surface area contributed by atoms with E-state index in [0.717, 1.165) is 6.42 Å². The van der Waals surface area contributed by atoms with Gasteiger partial charge >= 0.3 is 0 Å². The van der Waals surface area contributed by atoms with Crippen LogP contribution in [0.1, 0.15) is 12.8 Å². The van der Waals surface area contributed by atoms with Crippen molar-refractivity contribution in [3.05, 3.63) is 12.3 Å². The molecule has 0 bridgehead atoms. The quantitative estimate of drug-likeness (QED) is 0.467. The van der Waals surface area contributed by atoms with E-state index >= 15 is 0 Å². The van der Waals surface area contributed by atoms with E-state index in [9.17, 15) is 0 Å². The zero-order valence-electron chi connectivity index (χ0n) is 7.26. The predicted molar refractivity (Wildman–Crippen MR) is 48.5 cm³/mol. The molecular formula is C8H15NOSi. The Hall–Kier alpha value is -0.593. The molecule has 0 fully saturated rings. The summed E-state index contributed by atoms with van der Waals surface area (Å²) in [6.07, 6.45) is 1.42. The van der Waals surface area contributed by atoms with E-state index in [1.54, 1.807) is 0 Å². The second kappa shape index (κ2) is 5.11. The molecule has 0 saturated carbocycles.